The number of aromatic nitrogens is 3. The van der Waals surface area contributed by atoms with Crippen LogP contribution in [0.3, 0.4) is 0 Å². The van der Waals surface area contributed by atoms with Gasteiger partial charge in [-0.3, -0.25) is 4.79 Å². The number of imidazole rings is 1. The molecule has 2 N–H and O–H groups in total. The van der Waals surface area contributed by atoms with E-state index in [2.05, 4.69) is 10.1 Å². The molecule has 0 spiro atoms. The lowest BCUT2D eigenvalue weighted by Crippen LogP contribution is -2.15. The first-order valence-electron chi connectivity index (χ1n) is 5.67. The Labute approximate surface area is 111 Å². The van der Waals surface area contributed by atoms with Gasteiger partial charge in [0, 0.05) is 0 Å². The second-order valence-corrected chi connectivity index (χ2v) is 4.09. The number of rotatable bonds is 2. The average molecular weight is 274 g/mol. The number of nitrogens with zero attached hydrogens (tertiary/aromatic N) is 3. The highest BCUT2D eigenvalue weighted by Crippen LogP contribution is 2.24. The molecule has 1 aromatic carbocycles. The van der Waals surface area contributed by atoms with E-state index in [4.69, 9.17) is 5.73 Å². The Morgan fingerprint density at radius 1 is 1.15 bits per heavy atom. The van der Waals surface area contributed by atoms with Gasteiger partial charge in [0.2, 0.25) is 0 Å². The van der Waals surface area contributed by atoms with Crippen LogP contribution in [0.1, 0.15) is 10.5 Å². The lowest BCUT2D eigenvalue weighted by Gasteiger charge is -2.05. The first-order chi connectivity index (χ1) is 9.58. The average Bonchev–Trinajstić information content (AvgIpc) is 2.81. The van der Waals surface area contributed by atoms with Crippen molar-refractivity contribution < 1.29 is 13.6 Å². The molecule has 0 unspecified atom stereocenters. The molecule has 100 valence electrons. The van der Waals surface area contributed by atoms with Gasteiger partial charge in [0.1, 0.15) is 17.3 Å². The van der Waals surface area contributed by atoms with E-state index < -0.39 is 17.5 Å². The molecule has 20 heavy (non-hydrogen) atoms. The molecule has 0 fully saturated rings. The van der Waals surface area contributed by atoms with Gasteiger partial charge < -0.3 is 5.73 Å². The number of carbonyl (C=O) groups excluding carboxylic acids is 1. The number of carbonyl (C=O) groups is 1. The largest absolute Gasteiger partial charge is 0.364 e. The highest BCUT2D eigenvalue weighted by molar-refractivity contribution is 5.91. The summed E-state index contributed by atoms with van der Waals surface area (Å²) < 4.78 is 28.6. The summed E-state index contributed by atoms with van der Waals surface area (Å²) in [4.78, 5) is 15.2. The number of amides is 1. The number of hydrogen-bond acceptors (Lipinski definition) is 3. The van der Waals surface area contributed by atoms with E-state index in [0.717, 1.165) is 16.6 Å². The van der Waals surface area contributed by atoms with E-state index in [0.29, 0.717) is 5.65 Å². The molecule has 3 rings (SSSR count). The van der Waals surface area contributed by atoms with Crippen molar-refractivity contribution >= 4 is 11.6 Å². The number of nitrogens with two attached hydrogens (primary N) is 1. The predicted molar refractivity (Wildman–Crippen MR) is 66.9 cm³/mol. The Morgan fingerprint density at radius 3 is 2.50 bits per heavy atom. The number of fused-ring (bicyclic) bond motifs is 1. The van der Waals surface area contributed by atoms with Crippen LogP contribution in [-0.2, 0) is 0 Å². The summed E-state index contributed by atoms with van der Waals surface area (Å²) in [6.45, 7) is 0. The number of primary amides is 1. The highest BCUT2D eigenvalue weighted by Gasteiger charge is 2.15. The first-order valence-corrected chi connectivity index (χ1v) is 5.67. The molecule has 0 atom stereocenters. The zero-order valence-electron chi connectivity index (χ0n) is 10.0. The van der Waals surface area contributed by atoms with Crippen LogP contribution in [0.4, 0.5) is 8.78 Å². The van der Waals surface area contributed by atoms with Crippen molar-refractivity contribution in [2.24, 2.45) is 5.73 Å². The molecule has 0 aliphatic carbocycles. The van der Waals surface area contributed by atoms with E-state index in [1.807, 2.05) is 0 Å². The summed E-state index contributed by atoms with van der Waals surface area (Å²) in [5.41, 5.74) is 5.37. The molecule has 0 aliphatic rings. The highest BCUT2D eigenvalue weighted by atomic mass is 19.1. The van der Waals surface area contributed by atoms with E-state index in [1.54, 1.807) is 0 Å². The summed E-state index contributed by atoms with van der Waals surface area (Å²) in [7, 11) is 0. The van der Waals surface area contributed by atoms with Crippen molar-refractivity contribution in [3.8, 4) is 11.3 Å². The van der Waals surface area contributed by atoms with Crippen LogP contribution in [0, 0.1) is 11.6 Å². The van der Waals surface area contributed by atoms with Gasteiger partial charge >= 0.3 is 0 Å². The van der Waals surface area contributed by atoms with Crippen LogP contribution in [0.5, 0.6) is 0 Å². The molecule has 0 saturated carbocycles. The van der Waals surface area contributed by atoms with Gasteiger partial charge in [-0.05, 0) is 24.3 Å². The molecule has 3 aromatic rings. The van der Waals surface area contributed by atoms with E-state index >= 15 is 0 Å². The lowest BCUT2D eigenvalue weighted by atomic mass is 10.1. The quantitative estimate of drug-likeness (QED) is 0.774. The van der Waals surface area contributed by atoms with Crippen molar-refractivity contribution in [3.05, 3.63) is 53.9 Å². The molecule has 5 nitrogen and oxygen atoms in total. The Balaban J connectivity index is 2.27. The molecule has 2 heterocycles. The van der Waals surface area contributed by atoms with Crippen LogP contribution in [0.25, 0.3) is 16.9 Å². The Hall–Kier alpha value is -2.83. The lowest BCUT2D eigenvalue weighted by molar-refractivity contribution is 0.0993. The Bertz CT molecular complexity index is 808. The SMILES string of the molecule is NC(=O)c1cnc2ccc(-c3c(F)cccc3F)nn12. The van der Waals surface area contributed by atoms with Gasteiger partial charge in [-0.25, -0.2) is 18.3 Å². The minimum atomic E-state index is -0.738. The fourth-order valence-corrected chi connectivity index (χ4v) is 1.92. The van der Waals surface area contributed by atoms with Crippen LogP contribution >= 0.6 is 0 Å². The third-order valence-corrected chi connectivity index (χ3v) is 2.83. The van der Waals surface area contributed by atoms with Gasteiger partial charge in [0.05, 0.1) is 17.5 Å². The summed E-state index contributed by atoms with van der Waals surface area (Å²) in [6.07, 6.45) is 1.26. The van der Waals surface area contributed by atoms with Crippen LogP contribution in [0.2, 0.25) is 0 Å². The molecule has 7 heteroatoms. The molecule has 0 bridgehead atoms. The van der Waals surface area contributed by atoms with Gasteiger partial charge in [0.15, 0.2) is 5.65 Å². The van der Waals surface area contributed by atoms with E-state index in [-0.39, 0.29) is 17.0 Å². The fraction of sp³-hybridized carbons (Fsp3) is 0. The minimum Gasteiger partial charge on any atom is -0.364 e. The maximum atomic E-state index is 13.7. The topological polar surface area (TPSA) is 73.3 Å². The molecule has 0 aliphatic heterocycles. The van der Waals surface area contributed by atoms with Gasteiger partial charge in [-0.15, -0.1) is 0 Å². The number of hydrogen-bond donors (Lipinski definition) is 1. The third-order valence-electron chi connectivity index (χ3n) is 2.83. The third kappa shape index (κ3) is 1.80. The zero-order chi connectivity index (χ0) is 14.3. The Morgan fingerprint density at radius 2 is 1.85 bits per heavy atom. The minimum absolute atomic E-state index is 0.0404. The molecular weight excluding hydrogens is 266 g/mol. The normalized spacial score (nSPS) is 10.9. The monoisotopic (exact) mass is 274 g/mol. The second-order valence-electron chi connectivity index (χ2n) is 4.09. The summed E-state index contributed by atoms with van der Waals surface area (Å²) in [6, 6.07) is 6.45. The number of benzene rings is 1. The van der Waals surface area contributed by atoms with Gasteiger partial charge in [-0.1, -0.05) is 6.07 Å². The molecule has 0 radical (unpaired) electrons. The van der Waals surface area contributed by atoms with Gasteiger partial charge in [0.25, 0.3) is 5.91 Å². The first kappa shape index (κ1) is 12.2. The molecule has 0 saturated heterocycles. The second kappa shape index (κ2) is 4.37. The van der Waals surface area contributed by atoms with Gasteiger partial charge in [-0.2, -0.15) is 5.10 Å². The smallest absolute Gasteiger partial charge is 0.269 e. The maximum Gasteiger partial charge on any atom is 0.269 e. The zero-order valence-corrected chi connectivity index (χ0v) is 10.0. The van der Waals surface area contributed by atoms with Crippen molar-refractivity contribution in [2.75, 3.05) is 0 Å². The number of halogens is 2. The summed E-state index contributed by atoms with van der Waals surface area (Å²) in [5, 5.41) is 4.02. The molecular formula is C13H8F2N4O. The van der Waals surface area contributed by atoms with Crippen LogP contribution in [-0.4, -0.2) is 20.5 Å². The van der Waals surface area contributed by atoms with Crippen molar-refractivity contribution in [2.45, 2.75) is 0 Å². The summed E-state index contributed by atoms with van der Waals surface area (Å²) in [5.74, 6) is -2.20. The van der Waals surface area contributed by atoms with Crippen LogP contribution < -0.4 is 5.73 Å². The molecule has 2 aromatic heterocycles. The fourth-order valence-electron chi connectivity index (χ4n) is 1.92. The molecule has 1 amide bonds. The van der Waals surface area contributed by atoms with E-state index in [1.165, 1.54) is 24.4 Å². The van der Waals surface area contributed by atoms with E-state index in [9.17, 15) is 13.6 Å². The van der Waals surface area contributed by atoms with Crippen molar-refractivity contribution in [1.29, 1.82) is 0 Å². The Kier molecular flexibility index (Phi) is 2.67. The van der Waals surface area contributed by atoms with Crippen LogP contribution in [0.15, 0.2) is 36.5 Å². The standard InChI is InChI=1S/C13H8F2N4O/c14-7-2-1-3-8(15)12(7)9-4-5-11-17-6-10(13(16)20)19(11)18-9/h1-6H,(H2,16,20). The van der Waals surface area contributed by atoms with Crippen molar-refractivity contribution in [3.63, 3.8) is 0 Å². The maximum absolute atomic E-state index is 13.7. The predicted octanol–water partition coefficient (Wildman–Crippen LogP) is 1.77. The summed E-state index contributed by atoms with van der Waals surface area (Å²) >= 11 is 0. The van der Waals surface area contributed by atoms with Crippen molar-refractivity contribution in [1.82, 2.24) is 14.6 Å².